The van der Waals surface area contributed by atoms with Crippen LogP contribution in [-0.4, -0.2) is 42.9 Å². The van der Waals surface area contributed by atoms with E-state index >= 15 is 0 Å². The molecule has 0 radical (unpaired) electrons. The van der Waals surface area contributed by atoms with Crippen molar-refractivity contribution in [3.8, 4) is 0 Å². The molecule has 2 rings (SSSR count). The molecule has 1 aliphatic heterocycles. The Kier molecular flexibility index (Phi) is 8.82. The van der Waals surface area contributed by atoms with Crippen LogP contribution in [0.15, 0.2) is 0 Å². The van der Waals surface area contributed by atoms with Gasteiger partial charge >= 0.3 is 17.9 Å². The summed E-state index contributed by atoms with van der Waals surface area (Å²) in [5.74, 6) is -2.20. The Bertz CT molecular complexity index is 641. The van der Waals surface area contributed by atoms with Crippen molar-refractivity contribution in [2.24, 2.45) is 17.3 Å². The Balaban J connectivity index is 2.26. The highest BCUT2D eigenvalue weighted by atomic mass is 16.8. The molecule has 8 nitrogen and oxygen atoms in total. The smallest absolute Gasteiger partial charge is 0.308 e. The lowest BCUT2D eigenvalue weighted by Gasteiger charge is -2.48. The van der Waals surface area contributed by atoms with Crippen molar-refractivity contribution >= 4 is 23.7 Å². The molecule has 1 heterocycles. The highest BCUT2D eigenvalue weighted by Gasteiger charge is 2.55. The Labute approximate surface area is 177 Å². The van der Waals surface area contributed by atoms with Gasteiger partial charge in [-0.3, -0.25) is 19.2 Å². The van der Waals surface area contributed by atoms with Gasteiger partial charge in [0.1, 0.15) is 5.78 Å². The minimum Gasteiger partial charge on any atom is -0.465 e. The van der Waals surface area contributed by atoms with Gasteiger partial charge in [-0.25, -0.2) is 0 Å². The highest BCUT2D eigenvalue weighted by Crippen LogP contribution is 2.51. The molecule has 0 N–H and O–H groups in total. The van der Waals surface area contributed by atoms with E-state index < -0.39 is 35.9 Å². The quantitative estimate of drug-likeness (QED) is 0.430. The minimum atomic E-state index is -1.12. The molecule has 0 unspecified atom stereocenters. The number of ketones is 1. The zero-order chi connectivity index (χ0) is 22.3. The molecule has 1 saturated heterocycles. The van der Waals surface area contributed by atoms with E-state index in [1.807, 2.05) is 13.8 Å². The number of Topliss-reactive ketones (excluding diaryl/α,β-unsaturated/α-hetero) is 1. The Morgan fingerprint density at radius 2 is 1.77 bits per heavy atom. The van der Waals surface area contributed by atoms with Gasteiger partial charge in [0.05, 0.1) is 18.4 Å². The molecule has 2 aliphatic rings. The third-order valence-electron chi connectivity index (χ3n) is 6.23. The third kappa shape index (κ3) is 6.03. The average molecular weight is 427 g/mol. The molecule has 0 aromatic carbocycles. The first-order valence-electron chi connectivity index (χ1n) is 10.9. The monoisotopic (exact) mass is 426 g/mol. The number of rotatable bonds is 8. The largest absolute Gasteiger partial charge is 0.465 e. The van der Waals surface area contributed by atoms with Gasteiger partial charge in [-0.1, -0.05) is 20.3 Å². The second kappa shape index (κ2) is 10.9. The van der Waals surface area contributed by atoms with Crippen molar-refractivity contribution in [3.05, 3.63) is 0 Å². The summed E-state index contributed by atoms with van der Waals surface area (Å²) in [6.07, 6.45) is 2.65. The predicted octanol–water partition coefficient (Wildman–Crippen LogP) is 3.30. The molecule has 0 aromatic heterocycles. The van der Waals surface area contributed by atoms with Crippen LogP contribution in [0.2, 0.25) is 0 Å². The standard InChI is InChI=1S/C22H34O8/c1-5-16(6-2)20(26)27-12-11-22-10-8-7-9-17(25)19(22)21(29-15(4)24)30-18(13-22)28-14(3)23/h16,18-19,21H,5-13H2,1-4H3/t18-,19-,21-,22-/m1/s1. The van der Waals surface area contributed by atoms with E-state index in [2.05, 4.69) is 0 Å². The topological polar surface area (TPSA) is 105 Å². The zero-order valence-corrected chi connectivity index (χ0v) is 18.4. The molecule has 30 heavy (non-hydrogen) atoms. The summed E-state index contributed by atoms with van der Waals surface area (Å²) in [4.78, 5) is 48.5. The van der Waals surface area contributed by atoms with Crippen molar-refractivity contribution in [1.29, 1.82) is 0 Å². The van der Waals surface area contributed by atoms with Crippen LogP contribution in [0, 0.1) is 17.3 Å². The highest BCUT2D eigenvalue weighted by molar-refractivity contribution is 5.83. The maximum atomic E-state index is 13.0. The summed E-state index contributed by atoms with van der Waals surface area (Å²) < 4.78 is 21.9. The summed E-state index contributed by atoms with van der Waals surface area (Å²) >= 11 is 0. The lowest BCUT2D eigenvalue weighted by Crippen LogP contribution is -2.54. The molecule has 8 heteroatoms. The number of esters is 3. The van der Waals surface area contributed by atoms with Crippen molar-refractivity contribution < 1.29 is 38.1 Å². The van der Waals surface area contributed by atoms with Gasteiger partial charge in [-0.2, -0.15) is 0 Å². The fourth-order valence-electron chi connectivity index (χ4n) is 4.70. The zero-order valence-electron chi connectivity index (χ0n) is 18.4. The van der Waals surface area contributed by atoms with Crippen LogP contribution < -0.4 is 0 Å². The fourth-order valence-corrected chi connectivity index (χ4v) is 4.70. The van der Waals surface area contributed by atoms with Crippen LogP contribution in [0.4, 0.5) is 0 Å². The lowest BCUT2D eigenvalue weighted by molar-refractivity contribution is -0.294. The Morgan fingerprint density at radius 1 is 1.10 bits per heavy atom. The van der Waals surface area contributed by atoms with Gasteiger partial charge in [0.15, 0.2) is 0 Å². The molecule has 0 amide bonds. The van der Waals surface area contributed by atoms with Crippen LogP contribution in [0.25, 0.3) is 0 Å². The first-order chi connectivity index (χ1) is 14.2. The van der Waals surface area contributed by atoms with Crippen molar-refractivity contribution in [3.63, 3.8) is 0 Å². The number of carbonyl (C=O) groups excluding carboxylic acids is 4. The van der Waals surface area contributed by atoms with E-state index in [-0.39, 0.29) is 24.3 Å². The Morgan fingerprint density at radius 3 is 2.37 bits per heavy atom. The molecule has 2 fully saturated rings. The number of carbonyl (C=O) groups is 4. The van der Waals surface area contributed by atoms with Crippen LogP contribution in [0.5, 0.6) is 0 Å². The van der Waals surface area contributed by atoms with E-state index in [0.717, 1.165) is 12.8 Å². The van der Waals surface area contributed by atoms with Crippen LogP contribution in [0.1, 0.15) is 79.1 Å². The van der Waals surface area contributed by atoms with Gasteiger partial charge in [-0.05, 0) is 37.5 Å². The van der Waals surface area contributed by atoms with E-state index in [4.69, 9.17) is 18.9 Å². The maximum Gasteiger partial charge on any atom is 0.308 e. The summed E-state index contributed by atoms with van der Waals surface area (Å²) in [7, 11) is 0. The summed E-state index contributed by atoms with van der Waals surface area (Å²) in [5.41, 5.74) is -0.639. The number of hydrogen-bond donors (Lipinski definition) is 0. The Hall–Kier alpha value is -1.96. The molecule has 0 bridgehead atoms. The van der Waals surface area contributed by atoms with Gasteiger partial charge in [0.25, 0.3) is 0 Å². The first kappa shape index (κ1) is 24.3. The normalized spacial score (nSPS) is 29.0. The van der Waals surface area contributed by atoms with Crippen molar-refractivity contribution in [2.75, 3.05) is 6.61 Å². The summed E-state index contributed by atoms with van der Waals surface area (Å²) in [5, 5.41) is 0. The minimum absolute atomic E-state index is 0.0358. The molecule has 1 aliphatic carbocycles. The van der Waals surface area contributed by atoms with Crippen molar-refractivity contribution in [1.82, 2.24) is 0 Å². The second-order valence-corrected chi connectivity index (χ2v) is 8.30. The van der Waals surface area contributed by atoms with Crippen LogP contribution >= 0.6 is 0 Å². The molecule has 1 saturated carbocycles. The summed E-state index contributed by atoms with van der Waals surface area (Å²) in [6.45, 7) is 6.57. The number of ether oxygens (including phenoxy) is 4. The fraction of sp³-hybridized carbons (Fsp3) is 0.818. The van der Waals surface area contributed by atoms with Crippen LogP contribution in [-0.2, 0) is 38.1 Å². The lowest BCUT2D eigenvalue weighted by atomic mass is 9.65. The molecular formula is C22H34O8. The molecule has 0 spiro atoms. The number of fused-ring (bicyclic) bond motifs is 1. The molecule has 0 aromatic rings. The van der Waals surface area contributed by atoms with Gasteiger partial charge in [0.2, 0.25) is 12.6 Å². The number of hydrogen-bond acceptors (Lipinski definition) is 8. The SMILES string of the molecule is CCC(CC)C(=O)OCC[C@@]12CCCCC(=O)[C@@H]1[C@H](OC(C)=O)O[C@@H](OC(C)=O)C2. The van der Waals surface area contributed by atoms with E-state index in [9.17, 15) is 19.2 Å². The average Bonchev–Trinajstić information content (AvgIpc) is 2.81. The van der Waals surface area contributed by atoms with E-state index in [0.29, 0.717) is 38.5 Å². The first-order valence-corrected chi connectivity index (χ1v) is 10.9. The molecular weight excluding hydrogens is 392 g/mol. The summed E-state index contributed by atoms with van der Waals surface area (Å²) in [6, 6.07) is 0. The third-order valence-corrected chi connectivity index (χ3v) is 6.23. The van der Waals surface area contributed by atoms with Gasteiger partial charge in [0, 0.05) is 26.7 Å². The maximum absolute atomic E-state index is 13.0. The van der Waals surface area contributed by atoms with Gasteiger partial charge < -0.3 is 18.9 Å². The van der Waals surface area contributed by atoms with E-state index in [1.54, 1.807) is 0 Å². The predicted molar refractivity (Wildman–Crippen MR) is 106 cm³/mol. The van der Waals surface area contributed by atoms with E-state index in [1.165, 1.54) is 13.8 Å². The van der Waals surface area contributed by atoms with Crippen molar-refractivity contribution in [2.45, 2.75) is 91.6 Å². The van der Waals surface area contributed by atoms with Gasteiger partial charge in [-0.15, -0.1) is 0 Å². The second-order valence-electron chi connectivity index (χ2n) is 8.30. The molecule has 170 valence electrons. The molecule has 4 atom stereocenters. The van der Waals surface area contributed by atoms with Crippen LogP contribution in [0.3, 0.4) is 0 Å².